The molecule has 1 atom stereocenters. The monoisotopic (exact) mass is 553 g/mol. The summed E-state index contributed by atoms with van der Waals surface area (Å²) in [6, 6.07) is 21.7. The number of hydrogen-bond acceptors (Lipinski definition) is 7. The van der Waals surface area contributed by atoms with Crippen molar-refractivity contribution in [2.24, 2.45) is 4.99 Å². The molecule has 202 valence electrons. The summed E-state index contributed by atoms with van der Waals surface area (Å²) >= 11 is 1.29. The second-order valence-corrected chi connectivity index (χ2v) is 10.3. The first-order valence-corrected chi connectivity index (χ1v) is 13.8. The van der Waals surface area contributed by atoms with E-state index in [-0.39, 0.29) is 11.5 Å². The second kappa shape index (κ2) is 10.9. The lowest BCUT2D eigenvalue weighted by atomic mass is 9.95. The molecule has 3 heterocycles. The molecule has 0 radical (unpaired) electrons. The van der Waals surface area contributed by atoms with Crippen LogP contribution in [0.3, 0.4) is 0 Å². The number of amides is 1. The topological polar surface area (TPSA) is 91.2 Å². The third kappa shape index (κ3) is 4.91. The van der Waals surface area contributed by atoms with Crippen LogP contribution in [0.1, 0.15) is 31.0 Å². The zero-order valence-electron chi connectivity index (χ0n) is 22.0. The maximum absolute atomic E-state index is 13.9. The van der Waals surface area contributed by atoms with Crippen LogP contribution < -0.4 is 34.4 Å². The van der Waals surface area contributed by atoms with E-state index in [4.69, 9.17) is 19.2 Å². The van der Waals surface area contributed by atoms with Gasteiger partial charge in [-0.1, -0.05) is 47.7 Å². The van der Waals surface area contributed by atoms with Gasteiger partial charge in [-0.05, 0) is 67.4 Å². The van der Waals surface area contributed by atoms with Gasteiger partial charge in [0.15, 0.2) is 16.3 Å². The van der Waals surface area contributed by atoms with E-state index in [2.05, 4.69) is 5.32 Å². The largest absolute Gasteiger partial charge is 0.494 e. The highest BCUT2D eigenvalue weighted by Crippen LogP contribution is 2.33. The molecule has 40 heavy (non-hydrogen) atoms. The Labute approximate surface area is 234 Å². The standard InChI is InChI=1S/C31H27N3O5S/c1-3-37-23-12-10-21(11-13-23)28-27(29(35)33-22-7-5-4-6-8-22)19(2)32-31-34(28)30(36)26(40-31)18-20-9-14-24-25(17-20)39-16-15-38-24/h4-14,17-18,28H,3,15-16H2,1-2H3,(H,33,35)/b26-18-/t28-/m1/s1. The fraction of sp³-hybridized carbons (Fsp3) is 0.194. The van der Waals surface area contributed by atoms with Gasteiger partial charge in [0.25, 0.3) is 11.5 Å². The molecule has 0 aliphatic carbocycles. The molecule has 0 saturated heterocycles. The summed E-state index contributed by atoms with van der Waals surface area (Å²) in [5, 5.41) is 2.97. The number of anilines is 1. The molecule has 8 nitrogen and oxygen atoms in total. The van der Waals surface area contributed by atoms with E-state index < -0.39 is 6.04 Å². The van der Waals surface area contributed by atoms with Crippen LogP contribution in [0.5, 0.6) is 17.2 Å². The fourth-order valence-electron chi connectivity index (χ4n) is 4.86. The van der Waals surface area contributed by atoms with Crippen molar-refractivity contribution >= 4 is 29.0 Å². The quantitative estimate of drug-likeness (QED) is 0.389. The normalized spacial score (nSPS) is 16.2. The van der Waals surface area contributed by atoms with Crippen LogP contribution >= 0.6 is 11.3 Å². The number of benzene rings is 3. The maximum atomic E-state index is 13.9. The highest BCUT2D eigenvalue weighted by Gasteiger charge is 2.32. The second-order valence-electron chi connectivity index (χ2n) is 9.31. The average molecular weight is 554 g/mol. The zero-order chi connectivity index (χ0) is 27.6. The van der Waals surface area contributed by atoms with Gasteiger partial charge < -0.3 is 19.5 Å². The van der Waals surface area contributed by atoms with E-state index in [9.17, 15) is 9.59 Å². The van der Waals surface area contributed by atoms with Gasteiger partial charge in [-0.2, -0.15) is 0 Å². The summed E-state index contributed by atoms with van der Waals surface area (Å²) in [6.07, 6.45) is 1.82. The minimum absolute atomic E-state index is 0.227. The van der Waals surface area contributed by atoms with Crippen LogP contribution in [-0.2, 0) is 4.79 Å². The molecule has 9 heteroatoms. The van der Waals surface area contributed by atoms with Crippen molar-refractivity contribution in [3.8, 4) is 17.2 Å². The first kappa shape index (κ1) is 25.6. The van der Waals surface area contributed by atoms with Crippen LogP contribution in [0.25, 0.3) is 6.08 Å². The zero-order valence-corrected chi connectivity index (χ0v) is 22.9. The van der Waals surface area contributed by atoms with Crippen molar-refractivity contribution in [1.29, 1.82) is 0 Å². The molecule has 0 saturated carbocycles. The summed E-state index contributed by atoms with van der Waals surface area (Å²) < 4.78 is 19.1. The van der Waals surface area contributed by atoms with Gasteiger partial charge in [-0.25, -0.2) is 4.99 Å². The summed E-state index contributed by atoms with van der Waals surface area (Å²) in [5.74, 6) is 1.74. The number of carbonyl (C=O) groups is 1. The number of carbonyl (C=O) groups excluding carboxylic acids is 1. The molecule has 4 aromatic rings. The molecular weight excluding hydrogens is 526 g/mol. The van der Waals surface area contributed by atoms with Crippen LogP contribution in [0.2, 0.25) is 0 Å². The first-order valence-electron chi connectivity index (χ1n) is 13.0. The van der Waals surface area contributed by atoms with Crippen LogP contribution in [-0.4, -0.2) is 30.3 Å². The van der Waals surface area contributed by atoms with Gasteiger partial charge in [-0.15, -0.1) is 0 Å². The smallest absolute Gasteiger partial charge is 0.271 e. The summed E-state index contributed by atoms with van der Waals surface area (Å²) in [5.41, 5.74) is 2.99. The Balaban J connectivity index is 1.47. The third-order valence-electron chi connectivity index (χ3n) is 6.67. The molecule has 2 aliphatic heterocycles. The number of allylic oxidation sites excluding steroid dienone is 1. The van der Waals surface area contributed by atoms with E-state index >= 15 is 0 Å². The molecule has 3 aromatic carbocycles. The molecule has 0 unspecified atom stereocenters. The van der Waals surface area contributed by atoms with E-state index in [0.717, 1.165) is 11.1 Å². The molecule has 0 bridgehead atoms. The molecule has 1 amide bonds. The van der Waals surface area contributed by atoms with Crippen molar-refractivity contribution in [3.05, 3.63) is 115 Å². The highest BCUT2D eigenvalue weighted by atomic mass is 32.1. The third-order valence-corrected chi connectivity index (χ3v) is 7.65. The van der Waals surface area contributed by atoms with Crippen molar-refractivity contribution < 1.29 is 19.0 Å². The van der Waals surface area contributed by atoms with Crippen LogP contribution in [0.15, 0.2) is 93.9 Å². The number of thiazole rings is 1. The molecule has 6 rings (SSSR count). The van der Waals surface area contributed by atoms with Gasteiger partial charge >= 0.3 is 0 Å². The molecule has 1 aromatic heterocycles. The number of ether oxygens (including phenoxy) is 3. The Morgan fingerprint density at radius 2 is 1.82 bits per heavy atom. The maximum Gasteiger partial charge on any atom is 0.271 e. The van der Waals surface area contributed by atoms with Crippen LogP contribution in [0.4, 0.5) is 5.69 Å². The van der Waals surface area contributed by atoms with Gasteiger partial charge in [0.1, 0.15) is 19.0 Å². The Morgan fingerprint density at radius 1 is 1.07 bits per heavy atom. The molecule has 1 N–H and O–H groups in total. The van der Waals surface area contributed by atoms with Gasteiger partial charge in [0.2, 0.25) is 0 Å². The highest BCUT2D eigenvalue weighted by molar-refractivity contribution is 7.07. The van der Waals surface area contributed by atoms with Crippen molar-refractivity contribution in [3.63, 3.8) is 0 Å². The number of hydrogen-bond donors (Lipinski definition) is 1. The van der Waals surface area contributed by atoms with E-state index in [0.29, 0.717) is 63.4 Å². The number of nitrogens with one attached hydrogen (secondary N) is 1. The van der Waals surface area contributed by atoms with Gasteiger partial charge in [0, 0.05) is 5.69 Å². The molecule has 0 spiro atoms. The number of fused-ring (bicyclic) bond motifs is 2. The Hall–Kier alpha value is -4.63. The predicted octanol–water partition coefficient (Wildman–Crippen LogP) is 4.04. The van der Waals surface area contributed by atoms with Crippen LogP contribution in [0, 0.1) is 0 Å². The lowest BCUT2D eigenvalue weighted by molar-refractivity contribution is -0.113. The molecule has 0 fully saturated rings. The minimum Gasteiger partial charge on any atom is -0.494 e. The van der Waals surface area contributed by atoms with Gasteiger partial charge in [-0.3, -0.25) is 14.2 Å². The number of rotatable bonds is 6. The minimum atomic E-state index is -0.668. The van der Waals surface area contributed by atoms with Crippen molar-refractivity contribution in [2.75, 3.05) is 25.1 Å². The number of para-hydroxylation sites is 1. The van der Waals surface area contributed by atoms with E-state index in [1.165, 1.54) is 11.3 Å². The summed E-state index contributed by atoms with van der Waals surface area (Å²) in [4.78, 5) is 32.9. The number of aromatic nitrogens is 1. The van der Waals surface area contributed by atoms with Gasteiger partial charge in [0.05, 0.1) is 28.5 Å². The lowest BCUT2D eigenvalue weighted by Crippen LogP contribution is -2.40. The van der Waals surface area contributed by atoms with Crippen molar-refractivity contribution in [2.45, 2.75) is 19.9 Å². The SMILES string of the molecule is CCOc1ccc([C@@H]2C(C(=O)Nc3ccccc3)=C(C)N=c3s/c(=C\c4ccc5c(c4)OCCO5)c(=O)n32)cc1. The molecular formula is C31H27N3O5S. The number of nitrogens with zero attached hydrogens (tertiary/aromatic N) is 2. The summed E-state index contributed by atoms with van der Waals surface area (Å²) in [6.45, 7) is 5.26. The van der Waals surface area contributed by atoms with E-state index in [1.807, 2.05) is 85.8 Å². The summed E-state index contributed by atoms with van der Waals surface area (Å²) in [7, 11) is 0. The Kier molecular flexibility index (Phi) is 6.96. The fourth-order valence-corrected chi connectivity index (χ4v) is 5.91. The molecule has 2 aliphatic rings. The van der Waals surface area contributed by atoms with E-state index in [1.54, 1.807) is 11.5 Å². The predicted molar refractivity (Wildman–Crippen MR) is 154 cm³/mol. The average Bonchev–Trinajstić information content (AvgIpc) is 3.27. The Bertz CT molecular complexity index is 1790. The first-order chi connectivity index (χ1) is 19.5. The van der Waals surface area contributed by atoms with Crippen molar-refractivity contribution in [1.82, 2.24) is 4.57 Å². The Morgan fingerprint density at radius 3 is 2.58 bits per heavy atom. The lowest BCUT2D eigenvalue weighted by Gasteiger charge is -2.25.